The Morgan fingerprint density at radius 1 is 1.14 bits per heavy atom. The van der Waals surface area contributed by atoms with Gasteiger partial charge in [0.1, 0.15) is 6.54 Å². The van der Waals surface area contributed by atoms with Crippen molar-refractivity contribution < 1.29 is 4.79 Å². The Balaban J connectivity index is 2.14. The first-order valence-corrected chi connectivity index (χ1v) is 6.87. The Bertz CT molecular complexity index is 682. The molecule has 0 bridgehead atoms. The van der Waals surface area contributed by atoms with Gasteiger partial charge in [0.25, 0.3) is 0 Å². The Morgan fingerprint density at radius 3 is 2.71 bits per heavy atom. The first kappa shape index (κ1) is 13.5. The Morgan fingerprint density at radius 2 is 1.95 bits per heavy atom. The van der Waals surface area contributed by atoms with E-state index in [2.05, 4.69) is 9.98 Å². The van der Waals surface area contributed by atoms with Crippen LogP contribution in [-0.4, -0.2) is 36.2 Å². The van der Waals surface area contributed by atoms with Crippen LogP contribution in [0, 0.1) is 0 Å². The van der Waals surface area contributed by atoms with E-state index in [-0.39, 0.29) is 12.5 Å². The fourth-order valence-corrected chi connectivity index (χ4v) is 2.46. The van der Waals surface area contributed by atoms with Gasteiger partial charge in [-0.25, -0.2) is 0 Å². The summed E-state index contributed by atoms with van der Waals surface area (Å²) in [5, 5.41) is 0. The van der Waals surface area contributed by atoms with Crippen molar-refractivity contribution in [3.8, 4) is 0 Å². The highest BCUT2D eigenvalue weighted by molar-refractivity contribution is 6.18. The van der Waals surface area contributed by atoms with Crippen LogP contribution in [0.5, 0.6) is 0 Å². The first-order valence-electron chi connectivity index (χ1n) is 6.87. The number of aliphatic imine (C=N–C) groups is 1. The van der Waals surface area contributed by atoms with Crippen LogP contribution in [0.1, 0.15) is 11.3 Å². The molecule has 0 saturated carbocycles. The van der Waals surface area contributed by atoms with E-state index in [1.165, 1.54) is 0 Å². The van der Waals surface area contributed by atoms with E-state index in [0.717, 1.165) is 22.7 Å². The zero-order valence-electron chi connectivity index (χ0n) is 11.6. The Labute approximate surface area is 123 Å². The molecule has 2 aromatic rings. The second kappa shape index (κ2) is 5.85. The molecule has 1 aliphatic heterocycles. The molecule has 106 valence electrons. The molecule has 1 aromatic heterocycles. The van der Waals surface area contributed by atoms with Crippen molar-refractivity contribution in [2.45, 2.75) is 0 Å². The number of amides is 1. The highest BCUT2D eigenvalue weighted by Gasteiger charge is 2.24. The van der Waals surface area contributed by atoms with Crippen LogP contribution in [0.15, 0.2) is 53.7 Å². The SMILES string of the molecule is NCCN1C(=O)CN=C(c2ccccn2)c2ccccc21. The average molecular weight is 280 g/mol. The number of rotatable bonds is 3. The van der Waals surface area contributed by atoms with Crippen molar-refractivity contribution in [3.63, 3.8) is 0 Å². The number of benzene rings is 1. The maximum Gasteiger partial charge on any atom is 0.248 e. The Kier molecular flexibility index (Phi) is 3.75. The summed E-state index contributed by atoms with van der Waals surface area (Å²) in [6.45, 7) is 1.01. The summed E-state index contributed by atoms with van der Waals surface area (Å²) in [4.78, 5) is 22.8. The molecule has 1 amide bonds. The number of pyridine rings is 1. The lowest BCUT2D eigenvalue weighted by Crippen LogP contribution is -2.36. The van der Waals surface area contributed by atoms with Crippen LogP contribution in [0.4, 0.5) is 5.69 Å². The molecule has 0 radical (unpaired) electrons. The van der Waals surface area contributed by atoms with Crippen molar-refractivity contribution >= 4 is 17.3 Å². The van der Waals surface area contributed by atoms with E-state index in [4.69, 9.17) is 5.73 Å². The summed E-state index contributed by atoms with van der Waals surface area (Å²) < 4.78 is 0. The number of carbonyl (C=O) groups excluding carboxylic acids is 1. The van der Waals surface area contributed by atoms with Crippen molar-refractivity contribution in [1.82, 2.24) is 4.98 Å². The predicted octanol–water partition coefficient (Wildman–Crippen LogP) is 1.22. The average Bonchev–Trinajstić information content (AvgIpc) is 2.67. The lowest BCUT2D eigenvalue weighted by Gasteiger charge is -2.22. The van der Waals surface area contributed by atoms with Gasteiger partial charge in [0.2, 0.25) is 5.91 Å². The smallest absolute Gasteiger partial charge is 0.248 e. The number of fused-ring (bicyclic) bond motifs is 1. The van der Waals surface area contributed by atoms with Crippen molar-refractivity contribution in [3.05, 3.63) is 59.9 Å². The van der Waals surface area contributed by atoms with Crippen molar-refractivity contribution in [2.75, 3.05) is 24.5 Å². The molecule has 0 atom stereocenters. The number of para-hydroxylation sites is 1. The van der Waals surface area contributed by atoms with Gasteiger partial charge in [0.15, 0.2) is 0 Å². The summed E-state index contributed by atoms with van der Waals surface area (Å²) in [6, 6.07) is 13.4. The molecule has 5 heteroatoms. The topological polar surface area (TPSA) is 71.6 Å². The van der Waals surface area contributed by atoms with Crippen LogP contribution in [0.3, 0.4) is 0 Å². The maximum absolute atomic E-state index is 12.3. The second-order valence-corrected chi connectivity index (χ2v) is 4.73. The van der Waals surface area contributed by atoms with Gasteiger partial charge >= 0.3 is 0 Å². The molecule has 3 rings (SSSR count). The summed E-state index contributed by atoms with van der Waals surface area (Å²) >= 11 is 0. The molecule has 1 aromatic carbocycles. The molecular formula is C16H16N4O. The van der Waals surface area contributed by atoms with Crippen LogP contribution in [0.25, 0.3) is 0 Å². The van der Waals surface area contributed by atoms with Gasteiger partial charge in [-0.3, -0.25) is 14.8 Å². The molecule has 1 aliphatic rings. The molecular weight excluding hydrogens is 264 g/mol. The molecule has 0 unspecified atom stereocenters. The largest absolute Gasteiger partial charge is 0.329 e. The van der Waals surface area contributed by atoms with Gasteiger partial charge in [-0.2, -0.15) is 0 Å². The van der Waals surface area contributed by atoms with E-state index in [1.54, 1.807) is 11.1 Å². The highest BCUT2D eigenvalue weighted by Crippen LogP contribution is 2.25. The first-order chi connectivity index (χ1) is 10.3. The number of hydrogen-bond donors (Lipinski definition) is 1. The van der Waals surface area contributed by atoms with Gasteiger partial charge < -0.3 is 10.6 Å². The second-order valence-electron chi connectivity index (χ2n) is 4.73. The van der Waals surface area contributed by atoms with Crippen LogP contribution < -0.4 is 10.6 Å². The van der Waals surface area contributed by atoms with E-state index in [0.29, 0.717) is 13.1 Å². The van der Waals surface area contributed by atoms with Gasteiger partial charge in [-0.05, 0) is 18.2 Å². The fraction of sp³-hybridized carbons (Fsp3) is 0.188. The minimum absolute atomic E-state index is 0.0427. The molecule has 2 N–H and O–H groups in total. The number of anilines is 1. The predicted molar refractivity (Wildman–Crippen MR) is 82.6 cm³/mol. The lowest BCUT2D eigenvalue weighted by molar-refractivity contribution is -0.117. The standard InChI is InChI=1S/C16H16N4O/c17-8-10-20-14-7-2-1-5-12(14)16(19-11-15(20)21)13-6-3-4-9-18-13/h1-7,9H,8,10-11,17H2. The van der Waals surface area contributed by atoms with E-state index >= 15 is 0 Å². The molecule has 21 heavy (non-hydrogen) atoms. The third-order valence-corrected chi connectivity index (χ3v) is 3.38. The zero-order valence-corrected chi connectivity index (χ0v) is 11.6. The maximum atomic E-state index is 12.3. The highest BCUT2D eigenvalue weighted by atomic mass is 16.2. The number of aromatic nitrogens is 1. The van der Waals surface area contributed by atoms with Crippen molar-refractivity contribution in [2.24, 2.45) is 10.7 Å². The monoisotopic (exact) mass is 280 g/mol. The molecule has 2 heterocycles. The third-order valence-electron chi connectivity index (χ3n) is 3.38. The minimum atomic E-state index is -0.0427. The summed E-state index contributed by atoms with van der Waals surface area (Å²) in [7, 11) is 0. The van der Waals surface area contributed by atoms with Crippen LogP contribution in [0.2, 0.25) is 0 Å². The molecule has 0 fully saturated rings. The quantitative estimate of drug-likeness (QED) is 0.919. The minimum Gasteiger partial charge on any atom is -0.329 e. The summed E-state index contributed by atoms with van der Waals surface area (Å²) in [5.74, 6) is -0.0427. The van der Waals surface area contributed by atoms with Gasteiger partial charge in [-0.1, -0.05) is 24.3 Å². The number of nitrogens with zero attached hydrogens (tertiary/aromatic N) is 3. The van der Waals surface area contributed by atoms with Gasteiger partial charge in [0, 0.05) is 24.8 Å². The number of carbonyl (C=O) groups is 1. The number of hydrogen-bond acceptors (Lipinski definition) is 4. The number of benzodiazepines with no additional fused rings is 1. The van der Waals surface area contributed by atoms with E-state index in [1.807, 2.05) is 42.5 Å². The lowest BCUT2D eigenvalue weighted by atomic mass is 10.0. The number of nitrogens with two attached hydrogens (primary N) is 1. The third kappa shape index (κ3) is 2.55. The van der Waals surface area contributed by atoms with Gasteiger partial charge in [0.05, 0.1) is 17.1 Å². The normalized spacial score (nSPS) is 14.4. The molecule has 0 saturated heterocycles. The summed E-state index contributed by atoms with van der Waals surface area (Å²) in [5.41, 5.74) is 8.91. The van der Waals surface area contributed by atoms with E-state index < -0.39 is 0 Å². The van der Waals surface area contributed by atoms with Crippen LogP contribution >= 0.6 is 0 Å². The van der Waals surface area contributed by atoms with E-state index in [9.17, 15) is 4.79 Å². The summed E-state index contributed by atoms with van der Waals surface area (Å²) in [6.07, 6.45) is 1.73. The molecule has 0 spiro atoms. The van der Waals surface area contributed by atoms with Crippen molar-refractivity contribution in [1.29, 1.82) is 0 Å². The molecule has 5 nitrogen and oxygen atoms in total. The fourth-order valence-electron chi connectivity index (χ4n) is 2.46. The molecule has 0 aliphatic carbocycles. The van der Waals surface area contributed by atoms with Crippen LogP contribution in [-0.2, 0) is 4.79 Å². The Hall–Kier alpha value is -2.53. The zero-order chi connectivity index (χ0) is 14.7. The van der Waals surface area contributed by atoms with Gasteiger partial charge in [-0.15, -0.1) is 0 Å².